The van der Waals surface area contributed by atoms with Crippen LogP contribution in [-0.2, 0) is 0 Å². The molecule has 2 N–H and O–H groups in total. The molecule has 3 rings (SSSR count). The maximum Gasteiger partial charge on any atom is 0.268 e. The third kappa shape index (κ3) is 3.60. The number of amides is 1. The third-order valence-corrected chi connectivity index (χ3v) is 5.09. The van der Waals surface area contributed by atoms with Gasteiger partial charge >= 0.3 is 0 Å². The van der Waals surface area contributed by atoms with E-state index in [0.29, 0.717) is 17.3 Å². The molecule has 1 amide bonds. The number of aromatic nitrogens is 1. The van der Waals surface area contributed by atoms with Gasteiger partial charge in [0.2, 0.25) is 0 Å². The topological polar surface area (TPSA) is 44.9 Å². The van der Waals surface area contributed by atoms with E-state index in [-0.39, 0.29) is 5.91 Å². The zero-order valence-electron chi connectivity index (χ0n) is 13.7. The molecule has 0 aliphatic rings. The van der Waals surface area contributed by atoms with Crippen molar-refractivity contribution in [3.63, 3.8) is 0 Å². The highest BCUT2D eigenvalue weighted by Crippen LogP contribution is 2.37. The number of benzene rings is 2. The van der Waals surface area contributed by atoms with Gasteiger partial charge in [-0.1, -0.05) is 42.4 Å². The molecule has 0 bridgehead atoms. The number of aromatic amines is 1. The number of aryl methyl sites for hydroxylation is 1. The molecule has 0 aliphatic carbocycles. The van der Waals surface area contributed by atoms with Crippen LogP contribution < -0.4 is 5.32 Å². The Morgan fingerprint density at radius 2 is 1.96 bits per heavy atom. The molecule has 0 saturated carbocycles. The number of hydrogen-bond acceptors (Lipinski definition) is 2. The molecule has 5 heteroatoms. The lowest BCUT2D eigenvalue weighted by Gasteiger charge is -2.06. The number of hydrogen-bond donors (Lipinski definition) is 2. The molecule has 24 heavy (non-hydrogen) atoms. The van der Waals surface area contributed by atoms with Crippen molar-refractivity contribution in [3.05, 3.63) is 58.7 Å². The second kappa shape index (κ2) is 7.32. The lowest BCUT2D eigenvalue weighted by molar-refractivity contribution is 0.0946. The molecule has 3 nitrogen and oxygen atoms in total. The van der Waals surface area contributed by atoms with Crippen molar-refractivity contribution < 1.29 is 4.79 Å². The summed E-state index contributed by atoms with van der Waals surface area (Å²) < 4.78 is 0. The Bertz CT molecular complexity index is 871. The van der Waals surface area contributed by atoms with Crippen LogP contribution in [0.15, 0.2) is 52.3 Å². The Labute approximate surface area is 150 Å². The summed E-state index contributed by atoms with van der Waals surface area (Å²) in [4.78, 5) is 17.8. The Hall–Kier alpha value is -1.91. The quantitative estimate of drug-likeness (QED) is 0.639. The summed E-state index contributed by atoms with van der Waals surface area (Å²) >= 11 is 7.54. The van der Waals surface area contributed by atoms with Gasteiger partial charge in [-0.15, -0.1) is 0 Å². The molecule has 0 spiro atoms. The van der Waals surface area contributed by atoms with Crippen LogP contribution in [0.3, 0.4) is 0 Å². The van der Waals surface area contributed by atoms with E-state index < -0.39 is 0 Å². The van der Waals surface area contributed by atoms with Gasteiger partial charge in [-0.3, -0.25) is 4.79 Å². The third-order valence-electron chi connectivity index (χ3n) is 3.70. The summed E-state index contributed by atoms with van der Waals surface area (Å²) in [6.45, 7) is 4.75. The van der Waals surface area contributed by atoms with Crippen molar-refractivity contribution in [2.24, 2.45) is 0 Å². The second-order valence-corrected chi connectivity index (χ2v) is 7.21. The van der Waals surface area contributed by atoms with E-state index in [2.05, 4.69) is 28.5 Å². The zero-order valence-corrected chi connectivity index (χ0v) is 15.2. The minimum Gasteiger partial charge on any atom is -0.351 e. The van der Waals surface area contributed by atoms with Gasteiger partial charge in [0, 0.05) is 27.4 Å². The first-order chi connectivity index (χ1) is 11.6. The summed E-state index contributed by atoms with van der Waals surface area (Å²) in [5.74, 6) is -0.0674. The van der Waals surface area contributed by atoms with Crippen LogP contribution >= 0.6 is 23.4 Å². The van der Waals surface area contributed by atoms with Crippen molar-refractivity contribution in [1.82, 2.24) is 10.3 Å². The summed E-state index contributed by atoms with van der Waals surface area (Å²) in [5, 5.41) is 4.72. The Kier molecular flexibility index (Phi) is 5.17. The van der Waals surface area contributed by atoms with E-state index in [1.165, 1.54) is 0 Å². The van der Waals surface area contributed by atoms with Gasteiger partial charge in [0.05, 0.1) is 4.90 Å². The summed E-state index contributed by atoms with van der Waals surface area (Å²) in [6, 6.07) is 13.9. The molecule has 2 aromatic carbocycles. The summed E-state index contributed by atoms with van der Waals surface area (Å²) in [5.41, 5.74) is 2.75. The standard InChI is InChI=1S/C19H19ClN2OS/c1-3-10-21-19(23)17-18(24-14-7-5-13(20)6-8-14)15-9-4-12(2)11-16(15)22-17/h4-9,11,22H,3,10H2,1-2H3,(H,21,23). The summed E-state index contributed by atoms with van der Waals surface area (Å²) in [6.07, 6.45) is 0.907. The van der Waals surface area contributed by atoms with Crippen LogP contribution in [0.2, 0.25) is 5.02 Å². The molecule has 0 unspecified atom stereocenters. The SMILES string of the molecule is CCCNC(=O)c1[nH]c2cc(C)ccc2c1Sc1ccc(Cl)cc1. The van der Waals surface area contributed by atoms with E-state index in [1.54, 1.807) is 11.8 Å². The zero-order chi connectivity index (χ0) is 17.1. The highest BCUT2D eigenvalue weighted by Gasteiger charge is 2.18. The molecule has 0 fully saturated rings. The van der Waals surface area contributed by atoms with Gasteiger partial charge in [-0.25, -0.2) is 0 Å². The van der Waals surface area contributed by atoms with Crippen molar-refractivity contribution >= 4 is 40.2 Å². The first kappa shape index (κ1) is 16.9. The fraction of sp³-hybridized carbons (Fsp3) is 0.211. The van der Waals surface area contributed by atoms with Crippen molar-refractivity contribution in [2.45, 2.75) is 30.1 Å². The average Bonchev–Trinajstić information content (AvgIpc) is 2.92. The number of fused-ring (bicyclic) bond motifs is 1. The lowest BCUT2D eigenvalue weighted by Crippen LogP contribution is -2.24. The molecule has 124 valence electrons. The van der Waals surface area contributed by atoms with Gasteiger partial charge in [-0.2, -0.15) is 0 Å². The van der Waals surface area contributed by atoms with E-state index >= 15 is 0 Å². The molecular weight excluding hydrogens is 340 g/mol. The fourth-order valence-electron chi connectivity index (χ4n) is 2.50. The molecular formula is C19H19ClN2OS. The maximum atomic E-state index is 12.5. The largest absolute Gasteiger partial charge is 0.351 e. The first-order valence-electron chi connectivity index (χ1n) is 7.92. The Morgan fingerprint density at radius 3 is 2.67 bits per heavy atom. The highest BCUT2D eigenvalue weighted by atomic mass is 35.5. The van der Waals surface area contributed by atoms with Crippen molar-refractivity contribution in [3.8, 4) is 0 Å². The molecule has 1 heterocycles. The van der Waals surface area contributed by atoms with E-state index in [1.807, 2.05) is 38.1 Å². The monoisotopic (exact) mass is 358 g/mol. The molecule has 0 aliphatic heterocycles. The predicted molar refractivity (Wildman–Crippen MR) is 101 cm³/mol. The van der Waals surface area contributed by atoms with E-state index in [4.69, 9.17) is 11.6 Å². The van der Waals surface area contributed by atoms with Crippen molar-refractivity contribution in [2.75, 3.05) is 6.54 Å². The van der Waals surface area contributed by atoms with Gasteiger partial charge in [0.15, 0.2) is 0 Å². The van der Waals surface area contributed by atoms with Gasteiger partial charge in [0.1, 0.15) is 5.69 Å². The minimum absolute atomic E-state index is 0.0674. The van der Waals surface area contributed by atoms with Crippen LogP contribution in [0.1, 0.15) is 29.4 Å². The molecule has 3 aromatic rings. The fourth-order valence-corrected chi connectivity index (χ4v) is 3.67. The first-order valence-corrected chi connectivity index (χ1v) is 9.12. The highest BCUT2D eigenvalue weighted by molar-refractivity contribution is 7.99. The number of nitrogens with one attached hydrogen (secondary N) is 2. The number of rotatable bonds is 5. The van der Waals surface area contributed by atoms with Crippen LogP contribution in [0, 0.1) is 6.92 Å². The number of carbonyl (C=O) groups excluding carboxylic acids is 1. The average molecular weight is 359 g/mol. The lowest BCUT2D eigenvalue weighted by atomic mass is 10.2. The molecule has 0 radical (unpaired) electrons. The predicted octanol–water partition coefficient (Wildman–Crippen LogP) is 5.42. The smallest absolute Gasteiger partial charge is 0.268 e. The second-order valence-electron chi connectivity index (χ2n) is 5.69. The number of carbonyl (C=O) groups is 1. The van der Waals surface area contributed by atoms with Gasteiger partial charge in [0.25, 0.3) is 5.91 Å². The minimum atomic E-state index is -0.0674. The Morgan fingerprint density at radius 1 is 1.21 bits per heavy atom. The van der Waals surface area contributed by atoms with Crippen LogP contribution in [-0.4, -0.2) is 17.4 Å². The van der Waals surface area contributed by atoms with Gasteiger partial charge < -0.3 is 10.3 Å². The Balaban J connectivity index is 2.04. The molecule has 0 saturated heterocycles. The van der Waals surface area contributed by atoms with Gasteiger partial charge in [-0.05, 0) is 49.2 Å². The number of halogens is 1. The van der Waals surface area contributed by atoms with E-state index in [0.717, 1.165) is 32.7 Å². The van der Waals surface area contributed by atoms with Crippen LogP contribution in [0.4, 0.5) is 0 Å². The number of H-pyrrole nitrogens is 1. The normalized spacial score (nSPS) is 11.0. The van der Waals surface area contributed by atoms with Crippen LogP contribution in [0.5, 0.6) is 0 Å². The molecule has 0 atom stereocenters. The molecule has 1 aromatic heterocycles. The van der Waals surface area contributed by atoms with Crippen LogP contribution in [0.25, 0.3) is 10.9 Å². The van der Waals surface area contributed by atoms with Crippen molar-refractivity contribution in [1.29, 1.82) is 0 Å². The summed E-state index contributed by atoms with van der Waals surface area (Å²) in [7, 11) is 0. The van der Waals surface area contributed by atoms with E-state index in [9.17, 15) is 4.79 Å². The maximum absolute atomic E-state index is 12.5.